The van der Waals surface area contributed by atoms with E-state index >= 15 is 0 Å². The molecule has 0 aromatic heterocycles. The molecule has 0 aliphatic heterocycles. The number of hydrogen-bond donors (Lipinski definition) is 0. The molecule has 6 rings (SSSR count). The van der Waals surface area contributed by atoms with Gasteiger partial charge in [0.05, 0.1) is 24.4 Å². The van der Waals surface area contributed by atoms with Crippen molar-refractivity contribution in [3.63, 3.8) is 0 Å². The summed E-state index contributed by atoms with van der Waals surface area (Å²) in [7, 11) is 0. The van der Waals surface area contributed by atoms with E-state index in [2.05, 4.69) is 27.7 Å². The lowest BCUT2D eigenvalue weighted by Crippen LogP contribution is -2.67. The average Bonchev–Trinajstić information content (AvgIpc) is 3.06. The molecule has 4 spiro atoms. The van der Waals surface area contributed by atoms with Crippen LogP contribution in [-0.2, 0) is 18.9 Å². The van der Waals surface area contributed by atoms with Crippen LogP contribution in [0, 0.1) is 21.7 Å². The normalized spacial score (nSPS) is 42.8. The minimum Gasteiger partial charge on any atom is -0.379 e. The summed E-state index contributed by atoms with van der Waals surface area (Å²) >= 11 is 28.1. The predicted octanol–water partition coefficient (Wildman–Crippen LogP) is 11.8. The third kappa shape index (κ3) is 7.07. The third-order valence-corrected chi connectivity index (χ3v) is 16.7. The highest BCUT2D eigenvalue weighted by Gasteiger charge is 2.73. The Morgan fingerprint density at radius 1 is 0.413 bits per heavy atom. The molecule has 46 heavy (non-hydrogen) atoms. The van der Waals surface area contributed by atoms with Gasteiger partial charge in [0.1, 0.15) is 8.67 Å². The lowest BCUT2D eigenvalue weighted by Gasteiger charge is -2.69. The van der Waals surface area contributed by atoms with Gasteiger partial charge in [-0.3, -0.25) is 0 Å². The van der Waals surface area contributed by atoms with Gasteiger partial charge in [0.15, 0.2) is 0 Å². The number of halogens is 4. The van der Waals surface area contributed by atoms with Crippen LogP contribution in [0.15, 0.2) is 0 Å². The topological polar surface area (TPSA) is 36.9 Å². The van der Waals surface area contributed by atoms with Crippen molar-refractivity contribution in [3.8, 4) is 0 Å². The first-order valence-corrected chi connectivity index (χ1v) is 20.7. The Morgan fingerprint density at radius 2 is 0.652 bits per heavy atom. The van der Waals surface area contributed by atoms with E-state index in [0.717, 1.165) is 142 Å². The average molecular weight is 727 g/mol. The first kappa shape index (κ1) is 38.2. The van der Waals surface area contributed by atoms with Gasteiger partial charge in [-0.2, -0.15) is 0 Å². The van der Waals surface area contributed by atoms with E-state index in [9.17, 15) is 0 Å². The Balaban J connectivity index is 0.000000182. The first-order chi connectivity index (χ1) is 22.0. The molecule has 0 aromatic rings. The molecular formula is C38H64Cl4O4. The molecule has 6 fully saturated rings. The Morgan fingerprint density at radius 3 is 0.848 bits per heavy atom. The van der Waals surface area contributed by atoms with Crippen LogP contribution < -0.4 is 0 Å². The molecule has 0 heterocycles. The van der Waals surface area contributed by atoms with Crippen molar-refractivity contribution in [2.24, 2.45) is 21.7 Å². The zero-order chi connectivity index (χ0) is 33.1. The van der Waals surface area contributed by atoms with E-state index in [1.807, 2.05) is 0 Å². The standard InChI is InChI=1S/C20H34Cl2O2.C18H30Cl2O2/c1-3-13-23-16-5-9-18(10-6-16)15-19(20(18,21)22)11-7-17(8-12-19)24-14-4-2;1-3-21-14-5-9-16(10-6-14)13-17(18(16,19)20)11-7-15(8-12-17)22-4-2/h16-17H,3-15H2,1-2H3;14-15H,3-13H2,1-2H3/t16-,17?,18-,19?;14?,15?,16-,17-. The zero-order valence-corrected chi connectivity index (χ0v) is 32.4. The van der Waals surface area contributed by atoms with Gasteiger partial charge in [-0.05, 0) is 142 Å². The van der Waals surface area contributed by atoms with Gasteiger partial charge >= 0.3 is 0 Å². The summed E-state index contributed by atoms with van der Waals surface area (Å²) in [6.45, 7) is 11.9. The Hall–Kier alpha value is 1.00. The van der Waals surface area contributed by atoms with Gasteiger partial charge in [-0.25, -0.2) is 0 Å². The zero-order valence-electron chi connectivity index (χ0n) is 29.4. The van der Waals surface area contributed by atoms with Crippen molar-refractivity contribution in [1.82, 2.24) is 0 Å². The fraction of sp³-hybridized carbons (Fsp3) is 1.00. The maximum Gasteiger partial charge on any atom is 0.129 e. The molecule has 0 N–H and O–H groups in total. The number of ether oxygens (including phenoxy) is 4. The molecule has 6 saturated carbocycles. The maximum atomic E-state index is 7.06. The quantitative estimate of drug-likeness (QED) is 0.210. The summed E-state index contributed by atoms with van der Waals surface area (Å²) in [4.78, 5) is 0. The molecule has 0 unspecified atom stereocenters. The first-order valence-electron chi connectivity index (χ1n) is 19.2. The van der Waals surface area contributed by atoms with E-state index in [1.54, 1.807) is 0 Å². The van der Waals surface area contributed by atoms with Gasteiger partial charge in [-0.1, -0.05) is 13.8 Å². The number of alkyl halides is 4. The molecule has 4 nitrogen and oxygen atoms in total. The van der Waals surface area contributed by atoms with Crippen LogP contribution in [0.25, 0.3) is 0 Å². The second-order valence-corrected chi connectivity index (χ2v) is 18.7. The van der Waals surface area contributed by atoms with Crippen LogP contribution in [0.2, 0.25) is 0 Å². The second-order valence-electron chi connectivity index (χ2n) is 16.1. The summed E-state index contributed by atoms with van der Waals surface area (Å²) in [6, 6.07) is 0. The minimum atomic E-state index is -0.550. The molecule has 6 aliphatic rings. The molecule has 268 valence electrons. The Bertz CT molecular complexity index is 870. The fourth-order valence-electron chi connectivity index (χ4n) is 10.9. The van der Waals surface area contributed by atoms with Gasteiger partial charge in [0.2, 0.25) is 0 Å². The van der Waals surface area contributed by atoms with E-state index in [-0.39, 0.29) is 21.7 Å². The molecule has 0 bridgehead atoms. The highest BCUT2D eigenvalue weighted by atomic mass is 35.5. The predicted molar refractivity (Wildman–Crippen MR) is 193 cm³/mol. The van der Waals surface area contributed by atoms with Crippen molar-refractivity contribution >= 4 is 46.4 Å². The molecular weight excluding hydrogens is 662 g/mol. The SMILES string of the molecule is CCCOC1CCC2(CC1)C[C@]1(CC[C@@H](OCCC)CC1)C2(Cl)Cl.CCOC1CC[C@]2(CC1)C[C@@]1(CCC(OCC)CC1)C2(Cl)Cl. The second kappa shape index (κ2) is 15.7. The summed E-state index contributed by atoms with van der Waals surface area (Å²) in [6.07, 6.45) is 24.3. The third-order valence-electron chi connectivity index (χ3n) is 13.5. The van der Waals surface area contributed by atoms with Gasteiger partial charge in [0, 0.05) is 48.1 Å². The molecule has 0 saturated heterocycles. The number of rotatable bonds is 10. The maximum absolute atomic E-state index is 7.06. The van der Waals surface area contributed by atoms with Crippen molar-refractivity contribution in [2.75, 3.05) is 26.4 Å². The highest BCUT2D eigenvalue weighted by molar-refractivity contribution is 6.50. The largest absolute Gasteiger partial charge is 0.379 e. The van der Waals surface area contributed by atoms with Crippen molar-refractivity contribution in [2.45, 2.75) is 189 Å². The van der Waals surface area contributed by atoms with Gasteiger partial charge in [-0.15, -0.1) is 46.4 Å². The summed E-state index contributed by atoms with van der Waals surface area (Å²) < 4.78 is 22.4. The van der Waals surface area contributed by atoms with Gasteiger partial charge in [0.25, 0.3) is 0 Å². The van der Waals surface area contributed by atoms with E-state index in [4.69, 9.17) is 65.4 Å². The minimum absolute atomic E-state index is 0.138. The fourth-order valence-corrected chi connectivity index (χ4v) is 12.9. The van der Waals surface area contributed by atoms with E-state index in [1.165, 1.54) is 12.8 Å². The molecule has 8 heteroatoms. The monoisotopic (exact) mass is 724 g/mol. The van der Waals surface area contributed by atoms with Crippen LogP contribution in [0.5, 0.6) is 0 Å². The summed E-state index contributed by atoms with van der Waals surface area (Å²) in [5.41, 5.74) is 0.558. The van der Waals surface area contributed by atoms with E-state index in [0.29, 0.717) is 24.4 Å². The summed E-state index contributed by atoms with van der Waals surface area (Å²) in [5.74, 6) is 0. The van der Waals surface area contributed by atoms with E-state index < -0.39 is 8.67 Å². The highest BCUT2D eigenvalue weighted by Crippen LogP contribution is 2.77. The Kier molecular flexibility index (Phi) is 13.1. The summed E-state index contributed by atoms with van der Waals surface area (Å²) in [5, 5.41) is 0. The number of hydrogen-bond acceptors (Lipinski definition) is 4. The smallest absolute Gasteiger partial charge is 0.129 e. The van der Waals surface area contributed by atoms with Gasteiger partial charge < -0.3 is 18.9 Å². The molecule has 0 radical (unpaired) electrons. The van der Waals surface area contributed by atoms with Crippen LogP contribution in [0.3, 0.4) is 0 Å². The lowest BCUT2D eigenvalue weighted by atomic mass is 9.44. The van der Waals surface area contributed by atoms with Crippen LogP contribution in [-0.4, -0.2) is 59.5 Å². The molecule has 0 atom stereocenters. The van der Waals surface area contributed by atoms with Crippen LogP contribution in [0.4, 0.5) is 0 Å². The van der Waals surface area contributed by atoms with Crippen LogP contribution in [0.1, 0.15) is 156 Å². The lowest BCUT2D eigenvalue weighted by molar-refractivity contribution is -0.139. The van der Waals surface area contributed by atoms with Crippen molar-refractivity contribution < 1.29 is 18.9 Å². The Labute approximate surface area is 301 Å². The van der Waals surface area contributed by atoms with Crippen LogP contribution >= 0.6 is 46.4 Å². The molecule has 6 aliphatic carbocycles. The molecule has 0 amide bonds. The molecule has 0 aromatic carbocycles. The van der Waals surface area contributed by atoms with Crippen molar-refractivity contribution in [1.29, 1.82) is 0 Å². The van der Waals surface area contributed by atoms with Crippen molar-refractivity contribution in [3.05, 3.63) is 0 Å².